The maximum Gasteiger partial charge on any atom is 0.282 e. The topological polar surface area (TPSA) is 298 Å². The number of nitrogens with zero attached hydrogens (tertiary/aromatic N) is 6. The van der Waals surface area contributed by atoms with Gasteiger partial charge in [-0.05, 0) is 89.8 Å². The van der Waals surface area contributed by atoms with Crippen LogP contribution < -0.4 is 27.7 Å². The number of benzene rings is 8. The Morgan fingerprint density at radius 1 is 0.417 bits per heavy atom. The molecule has 8 aromatic carbocycles. The molecule has 84 heavy (non-hydrogen) atoms. The highest BCUT2D eigenvalue weighted by Gasteiger charge is 2.20. The van der Waals surface area contributed by atoms with Crippen molar-refractivity contribution in [3.05, 3.63) is 284 Å². The van der Waals surface area contributed by atoms with Crippen molar-refractivity contribution in [3.8, 4) is 0 Å². The van der Waals surface area contributed by atoms with Crippen molar-refractivity contribution in [2.24, 2.45) is 0 Å². The largest absolute Gasteiger partial charge is 0.398 e. The molecule has 0 aliphatic rings. The van der Waals surface area contributed by atoms with Gasteiger partial charge in [0.15, 0.2) is 0 Å². The first-order valence-corrected chi connectivity index (χ1v) is 25.8. The van der Waals surface area contributed by atoms with E-state index in [2.05, 4.69) is 35.6 Å². The van der Waals surface area contributed by atoms with Crippen molar-refractivity contribution in [1.82, 2.24) is 24.9 Å². The van der Waals surface area contributed by atoms with Crippen LogP contribution in [0, 0.1) is 20.2 Å². The van der Waals surface area contributed by atoms with E-state index >= 15 is 0 Å². The second kappa shape index (κ2) is 26.4. The average molecular weight is 1130 g/mol. The van der Waals surface area contributed by atoms with Gasteiger partial charge in [0.1, 0.15) is 11.1 Å². The number of rotatable bonds is 7. The summed E-state index contributed by atoms with van der Waals surface area (Å²) in [6.45, 7) is 0. The zero-order valence-corrected chi connectivity index (χ0v) is 44.8. The van der Waals surface area contributed by atoms with Gasteiger partial charge < -0.3 is 27.1 Å². The SMILES string of the molecule is Nc1cccc2cccnc12.Nc1ccccc1C(=O)Nc1cccc2cccnc12.O=C(Cl)c1ccccc1[N+](=O)[O-].O=C(Nc1cccc2cccnc12)c1ccccc1[N+](=O)[O-].O=c1[nH]c2c(ccc3cccnc32)c2ccccc12. The molecule has 13 rings (SSSR count). The zero-order chi connectivity index (χ0) is 59.1. The lowest BCUT2D eigenvalue weighted by Crippen LogP contribution is -2.14. The van der Waals surface area contributed by atoms with E-state index in [0.29, 0.717) is 33.5 Å². The Morgan fingerprint density at radius 2 is 0.821 bits per heavy atom. The number of nitrogen functional groups attached to an aromatic ring is 2. The van der Waals surface area contributed by atoms with Crippen LogP contribution in [0.2, 0.25) is 0 Å². The summed E-state index contributed by atoms with van der Waals surface area (Å²) >= 11 is 5.11. The van der Waals surface area contributed by atoms with Gasteiger partial charge in [0.2, 0.25) is 0 Å². The van der Waals surface area contributed by atoms with E-state index < -0.39 is 21.0 Å². The molecule has 0 fully saturated rings. The van der Waals surface area contributed by atoms with E-state index in [1.807, 2.05) is 121 Å². The number of nitrogens with two attached hydrogens (primary N) is 2. The van der Waals surface area contributed by atoms with E-state index in [0.717, 1.165) is 60.1 Å². The fraction of sp³-hybridized carbons (Fsp3) is 0. The smallest absolute Gasteiger partial charge is 0.282 e. The molecule has 0 unspecified atom stereocenters. The lowest BCUT2D eigenvalue weighted by Gasteiger charge is -2.09. The van der Waals surface area contributed by atoms with Crippen LogP contribution in [0.5, 0.6) is 0 Å². The van der Waals surface area contributed by atoms with Gasteiger partial charge in [-0.3, -0.25) is 59.3 Å². The summed E-state index contributed by atoms with van der Waals surface area (Å²) < 4.78 is 0. The highest BCUT2D eigenvalue weighted by molar-refractivity contribution is 6.68. The van der Waals surface area contributed by atoms with E-state index in [1.54, 1.807) is 73.3 Å². The Hall–Kier alpha value is -11.8. The number of hydrogen-bond donors (Lipinski definition) is 5. The maximum atomic E-state index is 12.3. The quantitative estimate of drug-likeness (QED) is 0.0326. The molecule has 0 aliphatic heterocycles. The number of halogens is 1. The fourth-order valence-electron chi connectivity index (χ4n) is 8.84. The van der Waals surface area contributed by atoms with E-state index in [9.17, 15) is 39.4 Å². The van der Waals surface area contributed by atoms with Crippen molar-refractivity contribution >= 4 is 128 Å². The summed E-state index contributed by atoms with van der Waals surface area (Å²) in [5.74, 6) is -0.772. The Labute approximate surface area is 481 Å². The summed E-state index contributed by atoms with van der Waals surface area (Å²) in [5.41, 5.74) is 17.6. The first kappa shape index (κ1) is 56.9. The number of carbonyl (C=O) groups excluding carboxylic acids is 3. The Morgan fingerprint density at radius 3 is 1.35 bits per heavy atom. The molecule has 0 saturated carbocycles. The molecule has 0 bridgehead atoms. The van der Waals surface area contributed by atoms with Crippen LogP contribution in [-0.4, -0.2) is 51.8 Å². The third-order valence-corrected chi connectivity index (χ3v) is 13.0. The van der Waals surface area contributed by atoms with Crippen LogP contribution in [0.1, 0.15) is 31.1 Å². The monoisotopic (exact) mass is 1130 g/mol. The molecule has 412 valence electrons. The molecule has 5 heterocycles. The van der Waals surface area contributed by atoms with Gasteiger partial charge >= 0.3 is 0 Å². The fourth-order valence-corrected chi connectivity index (χ4v) is 9.00. The third-order valence-electron chi connectivity index (χ3n) is 12.8. The van der Waals surface area contributed by atoms with Crippen molar-refractivity contribution in [1.29, 1.82) is 0 Å². The number of aromatic amines is 1. The van der Waals surface area contributed by atoms with Gasteiger partial charge in [0, 0.05) is 74.9 Å². The minimum absolute atomic E-state index is 0.0143. The van der Waals surface area contributed by atoms with Crippen LogP contribution >= 0.6 is 11.6 Å². The average Bonchev–Trinajstić information content (AvgIpc) is 3.69. The Balaban J connectivity index is 0.000000129. The zero-order valence-electron chi connectivity index (χ0n) is 44.0. The lowest BCUT2D eigenvalue weighted by molar-refractivity contribution is -0.385. The van der Waals surface area contributed by atoms with Crippen molar-refractivity contribution in [2.75, 3.05) is 22.1 Å². The van der Waals surface area contributed by atoms with Gasteiger partial charge in [0.25, 0.3) is 34.0 Å². The second-order valence-electron chi connectivity index (χ2n) is 18.1. The molecule has 0 radical (unpaired) electrons. The highest BCUT2D eigenvalue weighted by Crippen LogP contribution is 2.28. The molecule has 20 heteroatoms. The molecule has 0 aliphatic carbocycles. The minimum Gasteiger partial charge on any atom is -0.398 e. The van der Waals surface area contributed by atoms with Gasteiger partial charge in [-0.2, -0.15) is 0 Å². The number of amides is 2. The summed E-state index contributed by atoms with van der Waals surface area (Å²) in [4.78, 5) is 87.5. The molecule has 19 nitrogen and oxygen atoms in total. The first-order chi connectivity index (χ1) is 40.8. The van der Waals surface area contributed by atoms with Gasteiger partial charge in [-0.1, -0.05) is 127 Å². The summed E-state index contributed by atoms with van der Waals surface area (Å²) in [6.07, 6.45) is 6.83. The van der Waals surface area contributed by atoms with Crippen molar-refractivity contribution < 1.29 is 24.2 Å². The molecule has 0 saturated heterocycles. The number of fused-ring (bicyclic) bond motifs is 8. The van der Waals surface area contributed by atoms with Crippen LogP contribution in [0.15, 0.2) is 242 Å². The number of nitro benzene ring substituents is 2. The maximum absolute atomic E-state index is 12.3. The van der Waals surface area contributed by atoms with Crippen LogP contribution in [-0.2, 0) is 0 Å². The number of nitro groups is 2. The lowest BCUT2D eigenvalue weighted by atomic mass is 10.0. The van der Waals surface area contributed by atoms with Gasteiger partial charge in [-0.25, -0.2) is 0 Å². The highest BCUT2D eigenvalue weighted by atomic mass is 35.5. The number of H-pyrrole nitrogens is 1. The first-order valence-electron chi connectivity index (χ1n) is 25.5. The van der Waals surface area contributed by atoms with Crippen LogP contribution in [0.25, 0.3) is 65.3 Å². The summed E-state index contributed by atoms with van der Waals surface area (Å²) in [5, 5.41) is 32.7. The number of nitrogens with one attached hydrogen (secondary N) is 3. The molecule has 13 aromatic rings. The number of pyridine rings is 5. The Kier molecular flexibility index (Phi) is 17.9. The van der Waals surface area contributed by atoms with E-state index in [-0.39, 0.29) is 34.0 Å². The molecule has 7 N–H and O–H groups in total. The number of anilines is 4. The summed E-state index contributed by atoms with van der Waals surface area (Å²) in [7, 11) is 0. The molecule has 2 amide bonds. The minimum atomic E-state index is -0.817. The van der Waals surface area contributed by atoms with Gasteiger partial charge in [-0.15, -0.1) is 0 Å². The standard InChI is InChI=1S/C16H11N3O3.C16H13N3O.C16H10N2O.C9H8N2.C7H4ClNO3/c20-16(12-7-1-2-9-14(12)19(21)22)18-13-8-3-5-11-6-4-10-17-15(11)13;17-13-8-2-1-7-12(13)16(20)19-14-9-3-5-11-6-4-10-18-15(11)14;19-16-13-6-2-1-5-11(13)12-8-7-10-4-3-9-17-14(10)15(12)18-16;10-8-5-1-3-7-4-2-6-11-9(7)8;8-7(10)5-3-1-2-4-6(5)9(11)12/h1-10H,(H,18,20);1-10H,17H2,(H,19,20);1-9H,(H,18,19);1-6H,10H2;1-4H. The van der Waals surface area contributed by atoms with Crippen LogP contribution in [0.3, 0.4) is 0 Å². The van der Waals surface area contributed by atoms with Gasteiger partial charge in [0.05, 0.1) is 60.1 Å². The predicted octanol–water partition coefficient (Wildman–Crippen LogP) is 13.5. The predicted molar refractivity (Wildman–Crippen MR) is 330 cm³/mol. The number of aromatic nitrogens is 5. The number of para-hydroxylation sites is 6. The number of carbonyl (C=O) groups is 3. The molecule has 0 atom stereocenters. The molecular weight excluding hydrogens is 1090 g/mol. The number of hydrogen-bond acceptors (Lipinski definition) is 14. The molecule has 5 aromatic heterocycles. The van der Waals surface area contributed by atoms with Crippen LogP contribution in [0.4, 0.5) is 34.1 Å². The van der Waals surface area contributed by atoms with E-state index in [1.165, 1.54) is 42.5 Å². The third kappa shape index (κ3) is 13.3. The van der Waals surface area contributed by atoms with Crippen molar-refractivity contribution in [2.45, 2.75) is 0 Å². The molecule has 0 spiro atoms. The normalized spacial score (nSPS) is 10.4. The summed E-state index contributed by atoms with van der Waals surface area (Å²) in [6, 6.07) is 62.2. The van der Waals surface area contributed by atoms with Crippen molar-refractivity contribution in [3.63, 3.8) is 0 Å². The van der Waals surface area contributed by atoms with E-state index in [4.69, 9.17) is 23.1 Å². The second-order valence-corrected chi connectivity index (χ2v) is 18.4. The molecular formula is C64H46ClN11O8. The Bertz CT molecular complexity index is 4650.